The van der Waals surface area contributed by atoms with E-state index in [0.29, 0.717) is 11.3 Å². The SMILES string of the molecule is COC(=O)C1=C(C)N(C2CC2)C(=O)NC1c1ccc(Br)cc1. The van der Waals surface area contributed by atoms with Gasteiger partial charge in [-0.1, -0.05) is 28.1 Å². The van der Waals surface area contributed by atoms with Crippen LogP contribution >= 0.6 is 15.9 Å². The van der Waals surface area contributed by atoms with E-state index in [2.05, 4.69) is 21.2 Å². The van der Waals surface area contributed by atoms with Gasteiger partial charge in [0.15, 0.2) is 0 Å². The van der Waals surface area contributed by atoms with Gasteiger partial charge in [-0.05, 0) is 37.5 Å². The Kier molecular flexibility index (Phi) is 3.95. The summed E-state index contributed by atoms with van der Waals surface area (Å²) in [5.74, 6) is -0.406. The van der Waals surface area contributed by atoms with Crippen molar-refractivity contribution in [1.82, 2.24) is 10.2 Å². The molecule has 0 radical (unpaired) electrons. The van der Waals surface area contributed by atoms with Crippen LogP contribution in [-0.2, 0) is 9.53 Å². The summed E-state index contributed by atoms with van der Waals surface area (Å²) in [7, 11) is 1.36. The largest absolute Gasteiger partial charge is 0.466 e. The molecule has 1 aromatic carbocycles. The average Bonchev–Trinajstić information content (AvgIpc) is 3.31. The van der Waals surface area contributed by atoms with Crippen molar-refractivity contribution in [3.05, 3.63) is 45.6 Å². The number of esters is 1. The summed E-state index contributed by atoms with van der Waals surface area (Å²) in [4.78, 5) is 26.4. The van der Waals surface area contributed by atoms with E-state index in [9.17, 15) is 9.59 Å². The highest BCUT2D eigenvalue weighted by molar-refractivity contribution is 9.10. The molecule has 22 heavy (non-hydrogen) atoms. The Hall–Kier alpha value is -1.82. The highest BCUT2D eigenvalue weighted by Gasteiger charge is 2.42. The van der Waals surface area contributed by atoms with Gasteiger partial charge in [0.1, 0.15) is 0 Å². The summed E-state index contributed by atoms with van der Waals surface area (Å²) >= 11 is 3.39. The van der Waals surface area contributed by atoms with E-state index in [0.717, 1.165) is 22.9 Å². The minimum Gasteiger partial charge on any atom is -0.466 e. The number of carbonyl (C=O) groups excluding carboxylic acids is 2. The lowest BCUT2D eigenvalue weighted by atomic mass is 9.95. The van der Waals surface area contributed by atoms with Crippen molar-refractivity contribution in [3.8, 4) is 0 Å². The molecule has 1 N–H and O–H groups in total. The molecule has 2 amide bonds. The van der Waals surface area contributed by atoms with E-state index in [1.165, 1.54) is 7.11 Å². The first-order chi connectivity index (χ1) is 10.5. The molecule has 1 atom stereocenters. The van der Waals surface area contributed by atoms with Crippen molar-refractivity contribution in [2.45, 2.75) is 31.8 Å². The zero-order valence-electron chi connectivity index (χ0n) is 12.4. The number of amides is 2. The van der Waals surface area contributed by atoms with Crippen LogP contribution in [0.2, 0.25) is 0 Å². The fraction of sp³-hybridized carbons (Fsp3) is 0.375. The monoisotopic (exact) mass is 364 g/mol. The summed E-state index contributed by atoms with van der Waals surface area (Å²) in [6.07, 6.45) is 1.95. The van der Waals surface area contributed by atoms with Crippen LogP contribution in [0.4, 0.5) is 4.79 Å². The van der Waals surface area contributed by atoms with E-state index < -0.39 is 12.0 Å². The lowest BCUT2D eigenvalue weighted by molar-refractivity contribution is -0.136. The summed E-state index contributed by atoms with van der Waals surface area (Å²) in [5, 5.41) is 2.93. The van der Waals surface area contributed by atoms with Crippen LogP contribution in [0, 0.1) is 0 Å². The van der Waals surface area contributed by atoms with E-state index >= 15 is 0 Å². The minimum atomic E-state index is -0.483. The van der Waals surface area contributed by atoms with Crippen LogP contribution in [0.3, 0.4) is 0 Å². The van der Waals surface area contributed by atoms with Gasteiger partial charge in [0.05, 0.1) is 18.7 Å². The molecular weight excluding hydrogens is 348 g/mol. The maximum atomic E-state index is 12.4. The third-order valence-corrected chi connectivity index (χ3v) is 4.58. The number of halogens is 1. The molecule has 0 aromatic heterocycles. The Labute approximate surface area is 137 Å². The summed E-state index contributed by atoms with van der Waals surface area (Å²) in [6, 6.07) is 7.11. The summed E-state index contributed by atoms with van der Waals surface area (Å²) in [5.41, 5.74) is 2.04. The molecule has 3 rings (SSSR count). The van der Waals surface area contributed by atoms with Gasteiger partial charge < -0.3 is 10.1 Å². The molecule has 1 aliphatic heterocycles. The summed E-state index contributed by atoms with van der Waals surface area (Å²) < 4.78 is 5.88. The number of hydrogen-bond acceptors (Lipinski definition) is 3. The van der Waals surface area contributed by atoms with Gasteiger partial charge in [-0.15, -0.1) is 0 Å². The highest BCUT2D eigenvalue weighted by Crippen LogP contribution is 2.37. The fourth-order valence-electron chi connectivity index (χ4n) is 2.81. The van der Waals surface area contributed by atoms with Gasteiger partial charge in [0.2, 0.25) is 0 Å². The van der Waals surface area contributed by atoms with Gasteiger partial charge in [0, 0.05) is 16.2 Å². The van der Waals surface area contributed by atoms with Crippen molar-refractivity contribution >= 4 is 27.9 Å². The van der Waals surface area contributed by atoms with Gasteiger partial charge in [-0.3, -0.25) is 4.90 Å². The number of urea groups is 1. The molecule has 1 saturated carbocycles. The average molecular weight is 365 g/mol. The third-order valence-electron chi connectivity index (χ3n) is 4.05. The number of nitrogens with one attached hydrogen (secondary N) is 1. The predicted octanol–water partition coefficient (Wildman–Crippen LogP) is 3.12. The Morgan fingerprint density at radius 3 is 2.50 bits per heavy atom. The molecule has 116 valence electrons. The second kappa shape index (κ2) is 5.76. The van der Waals surface area contributed by atoms with Crippen LogP contribution in [-0.4, -0.2) is 30.1 Å². The number of hydrogen-bond donors (Lipinski definition) is 1. The molecule has 5 nitrogen and oxygen atoms in total. The molecule has 6 heteroatoms. The fourth-order valence-corrected chi connectivity index (χ4v) is 3.07. The first-order valence-electron chi connectivity index (χ1n) is 7.17. The molecular formula is C16H17BrN2O3. The molecule has 0 saturated heterocycles. The van der Waals surface area contributed by atoms with Crippen molar-refractivity contribution in [2.24, 2.45) is 0 Å². The predicted molar refractivity (Wildman–Crippen MR) is 85.0 cm³/mol. The Morgan fingerprint density at radius 2 is 1.95 bits per heavy atom. The first kappa shape index (κ1) is 15.1. The second-order valence-corrected chi connectivity index (χ2v) is 6.44. The Morgan fingerprint density at radius 1 is 1.32 bits per heavy atom. The number of allylic oxidation sites excluding steroid dienone is 1. The van der Waals surface area contributed by atoms with Crippen molar-refractivity contribution in [1.29, 1.82) is 0 Å². The Bertz CT molecular complexity index is 650. The van der Waals surface area contributed by atoms with E-state index in [1.54, 1.807) is 4.90 Å². The van der Waals surface area contributed by atoms with E-state index in [4.69, 9.17) is 4.74 Å². The second-order valence-electron chi connectivity index (χ2n) is 5.53. The molecule has 1 aliphatic carbocycles. The maximum Gasteiger partial charge on any atom is 0.337 e. The third kappa shape index (κ3) is 2.63. The normalized spacial score (nSPS) is 21.7. The van der Waals surface area contributed by atoms with Crippen LogP contribution in [0.15, 0.2) is 40.0 Å². The van der Waals surface area contributed by atoms with E-state index in [-0.39, 0.29) is 12.1 Å². The minimum absolute atomic E-state index is 0.152. The van der Waals surface area contributed by atoms with Gasteiger partial charge in [0.25, 0.3) is 0 Å². The molecule has 1 aromatic rings. The Balaban J connectivity index is 2.06. The molecule has 0 spiro atoms. The summed E-state index contributed by atoms with van der Waals surface area (Å²) in [6.45, 7) is 1.81. The molecule has 1 unspecified atom stereocenters. The van der Waals surface area contributed by atoms with Gasteiger partial charge in [-0.25, -0.2) is 9.59 Å². The standard InChI is InChI=1S/C16H17BrN2O3/c1-9-13(15(20)22-2)14(10-3-5-11(17)6-4-10)18-16(21)19(9)12-7-8-12/h3-6,12,14H,7-8H2,1-2H3,(H,18,21). The van der Waals surface area contributed by atoms with Gasteiger partial charge >= 0.3 is 12.0 Å². The molecule has 1 heterocycles. The molecule has 2 aliphatic rings. The lowest BCUT2D eigenvalue weighted by Crippen LogP contribution is -2.48. The van der Waals surface area contributed by atoms with Crippen LogP contribution in [0.5, 0.6) is 0 Å². The van der Waals surface area contributed by atoms with Crippen LogP contribution < -0.4 is 5.32 Å². The van der Waals surface area contributed by atoms with Crippen LogP contribution in [0.1, 0.15) is 31.4 Å². The lowest BCUT2D eigenvalue weighted by Gasteiger charge is -2.35. The van der Waals surface area contributed by atoms with Crippen molar-refractivity contribution < 1.29 is 14.3 Å². The van der Waals surface area contributed by atoms with Crippen molar-refractivity contribution in [3.63, 3.8) is 0 Å². The number of rotatable bonds is 3. The number of ether oxygens (including phenoxy) is 1. The number of benzene rings is 1. The molecule has 0 bridgehead atoms. The zero-order chi connectivity index (χ0) is 15.9. The van der Waals surface area contributed by atoms with Crippen molar-refractivity contribution in [2.75, 3.05) is 7.11 Å². The maximum absolute atomic E-state index is 12.4. The van der Waals surface area contributed by atoms with E-state index in [1.807, 2.05) is 31.2 Å². The topological polar surface area (TPSA) is 58.6 Å². The van der Waals surface area contributed by atoms with Gasteiger partial charge in [-0.2, -0.15) is 0 Å². The first-order valence-corrected chi connectivity index (χ1v) is 7.96. The number of methoxy groups -OCH3 is 1. The zero-order valence-corrected chi connectivity index (χ0v) is 14.0. The number of nitrogens with zero attached hydrogens (tertiary/aromatic N) is 1. The van der Waals surface area contributed by atoms with Crippen LogP contribution in [0.25, 0.3) is 0 Å². The molecule has 1 fully saturated rings. The smallest absolute Gasteiger partial charge is 0.337 e. The quantitative estimate of drug-likeness (QED) is 0.838. The highest BCUT2D eigenvalue weighted by atomic mass is 79.9. The number of carbonyl (C=O) groups is 2.